The minimum Gasteiger partial charge on any atom is -0.302 e. The molecule has 1 saturated heterocycles. The number of nitrogens with zero attached hydrogens (tertiary/aromatic N) is 1. The lowest BCUT2D eigenvalue weighted by Crippen LogP contribution is -2.36. The number of rotatable bonds is 3. The van der Waals surface area contributed by atoms with Crippen molar-refractivity contribution in [2.45, 2.75) is 38.0 Å². The molecule has 1 aliphatic heterocycles. The van der Waals surface area contributed by atoms with E-state index in [1.165, 1.54) is 38.8 Å². The SMILES string of the molecule is CCCCN1CCC[C@H](Cl)C1. The normalized spacial score (nSPS) is 27.3. The average molecular weight is 176 g/mol. The van der Waals surface area contributed by atoms with E-state index < -0.39 is 0 Å². The fraction of sp³-hybridized carbons (Fsp3) is 1.00. The quantitative estimate of drug-likeness (QED) is 0.596. The van der Waals surface area contributed by atoms with Crippen LogP contribution in [-0.2, 0) is 0 Å². The summed E-state index contributed by atoms with van der Waals surface area (Å²) in [6, 6.07) is 0. The lowest BCUT2D eigenvalue weighted by Gasteiger charge is -2.29. The maximum absolute atomic E-state index is 6.05. The Hall–Kier alpha value is 0.250. The van der Waals surface area contributed by atoms with Crippen LogP contribution in [0.15, 0.2) is 0 Å². The first kappa shape index (κ1) is 9.34. The third-order valence-corrected chi connectivity index (χ3v) is 2.63. The van der Waals surface area contributed by atoms with Gasteiger partial charge in [0, 0.05) is 11.9 Å². The zero-order valence-electron chi connectivity index (χ0n) is 7.35. The number of piperidine rings is 1. The Bertz CT molecular complexity index is 106. The third-order valence-electron chi connectivity index (χ3n) is 2.28. The molecule has 1 aliphatic rings. The second-order valence-corrected chi connectivity index (χ2v) is 4.01. The van der Waals surface area contributed by atoms with Crippen molar-refractivity contribution in [1.82, 2.24) is 4.90 Å². The summed E-state index contributed by atoms with van der Waals surface area (Å²) in [5.74, 6) is 0. The second kappa shape index (κ2) is 5.00. The molecular formula is C9H18ClN. The Labute approximate surface area is 74.7 Å². The molecule has 0 aromatic heterocycles. The summed E-state index contributed by atoms with van der Waals surface area (Å²) < 4.78 is 0. The topological polar surface area (TPSA) is 3.24 Å². The standard InChI is InChI=1S/C9H18ClN/c1-2-3-6-11-7-4-5-9(10)8-11/h9H,2-8H2,1H3/t9-/m0/s1. The molecular weight excluding hydrogens is 158 g/mol. The Morgan fingerprint density at radius 3 is 3.00 bits per heavy atom. The van der Waals surface area contributed by atoms with E-state index in [1.54, 1.807) is 0 Å². The average Bonchev–Trinajstić information content (AvgIpc) is 2.01. The molecule has 66 valence electrons. The molecule has 1 nitrogen and oxygen atoms in total. The summed E-state index contributed by atoms with van der Waals surface area (Å²) in [6.07, 6.45) is 5.12. The largest absolute Gasteiger partial charge is 0.302 e. The fourth-order valence-corrected chi connectivity index (χ4v) is 1.93. The molecule has 2 heteroatoms. The Morgan fingerprint density at radius 2 is 2.36 bits per heavy atom. The van der Waals surface area contributed by atoms with Gasteiger partial charge in [0.25, 0.3) is 0 Å². The van der Waals surface area contributed by atoms with Crippen molar-refractivity contribution in [3.8, 4) is 0 Å². The number of hydrogen-bond acceptors (Lipinski definition) is 1. The maximum atomic E-state index is 6.05. The molecule has 1 rings (SSSR count). The van der Waals surface area contributed by atoms with Crippen LogP contribution in [0.3, 0.4) is 0 Å². The highest BCUT2D eigenvalue weighted by Crippen LogP contribution is 2.15. The Morgan fingerprint density at radius 1 is 1.55 bits per heavy atom. The Kier molecular flexibility index (Phi) is 4.24. The molecule has 0 unspecified atom stereocenters. The minimum absolute atomic E-state index is 0.417. The summed E-state index contributed by atoms with van der Waals surface area (Å²) in [7, 11) is 0. The van der Waals surface area contributed by atoms with Crippen molar-refractivity contribution in [1.29, 1.82) is 0 Å². The molecule has 0 aliphatic carbocycles. The van der Waals surface area contributed by atoms with Gasteiger partial charge in [-0.1, -0.05) is 13.3 Å². The van der Waals surface area contributed by atoms with E-state index >= 15 is 0 Å². The van der Waals surface area contributed by atoms with Crippen molar-refractivity contribution in [3.63, 3.8) is 0 Å². The lowest BCUT2D eigenvalue weighted by atomic mass is 10.1. The first-order chi connectivity index (χ1) is 5.33. The predicted molar refractivity (Wildman–Crippen MR) is 50.2 cm³/mol. The molecule has 0 spiro atoms. The van der Waals surface area contributed by atoms with E-state index in [0.717, 1.165) is 6.54 Å². The van der Waals surface area contributed by atoms with E-state index in [0.29, 0.717) is 5.38 Å². The number of halogens is 1. The molecule has 1 fully saturated rings. The molecule has 0 radical (unpaired) electrons. The molecule has 0 aromatic rings. The van der Waals surface area contributed by atoms with Gasteiger partial charge in [0.05, 0.1) is 0 Å². The van der Waals surface area contributed by atoms with Gasteiger partial charge in [0.2, 0.25) is 0 Å². The Balaban J connectivity index is 2.12. The number of hydrogen-bond donors (Lipinski definition) is 0. The highest BCUT2D eigenvalue weighted by molar-refractivity contribution is 6.20. The van der Waals surface area contributed by atoms with Crippen molar-refractivity contribution >= 4 is 11.6 Å². The molecule has 1 heterocycles. The number of likely N-dealkylation sites (tertiary alicyclic amines) is 1. The van der Waals surface area contributed by atoms with Gasteiger partial charge >= 0.3 is 0 Å². The fourth-order valence-electron chi connectivity index (χ4n) is 1.58. The summed E-state index contributed by atoms with van der Waals surface area (Å²) in [5.41, 5.74) is 0. The van der Waals surface area contributed by atoms with E-state index in [9.17, 15) is 0 Å². The molecule has 0 saturated carbocycles. The van der Waals surface area contributed by atoms with Gasteiger partial charge in [-0.05, 0) is 32.4 Å². The highest BCUT2D eigenvalue weighted by atomic mass is 35.5. The number of alkyl halides is 1. The summed E-state index contributed by atoms with van der Waals surface area (Å²) in [6.45, 7) is 5.87. The summed E-state index contributed by atoms with van der Waals surface area (Å²) >= 11 is 6.05. The minimum atomic E-state index is 0.417. The first-order valence-electron chi connectivity index (χ1n) is 4.69. The second-order valence-electron chi connectivity index (χ2n) is 3.39. The van der Waals surface area contributed by atoms with Gasteiger partial charge < -0.3 is 4.90 Å². The van der Waals surface area contributed by atoms with E-state index in [2.05, 4.69) is 11.8 Å². The molecule has 0 aromatic carbocycles. The summed E-state index contributed by atoms with van der Waals surface area (Å²) in [4.78, 5) is 2.49. The molecule has 0 bridgehead atoms. The van der Waals surface area contributed by atoms with Gasteiger partial charge in [0.1, 0.15) is 0 Å². The van der Waals surface area contributed by atoms with Crippen LogP contribution in [0.25, 0.3) is 0 Å². The third kappa shape index (κ3) is 3.44. The van der Waals surface area contributed by atoms with E-state index in [1.807, 2.05) is 0 Å². The van der Waals surface area contributed by atoms with Crippen LogP contribution in [0.1, 0.15) is 32.6 Å². The van der Waals surface area contributed by atoms with Gasteiger partial charge in [-0.15, -0.1) is 11.6 Å². The maximum Gasteiger partial charge on any atom is 0.0463 e. The first-order valence-corrected chi connectivity index (χ1v) is 5.13. The molecule has 11 heavy (non-hydrogen) atoms. The van der Waals surface area contributed by atoms with Crippen LogP contribution in [0.2, 0.25) is 0 Å². The van der Waals surface area contributed by atoms with E-state index in [-0.39, 0.29) is 0 Å². The predicted octanol–water partition coefficient (Wildman–Crippen LogP) is 2.49. The van der Waals surface area contributed by atoms with Gasteiger partial charge in [-0.3, -0.25) is 0 Å². The zero-order chi connectivity index (χ0) is 8.10. The van der Waals surface area contributed by atoms with Crippen LogP contribution in [0, 0.1) is 0 Å². The van der Waals surface area contributed by atoms with Crippen molar-refractivity contribution in [2.24, 2.45) is 0 Å². The zero-order valence-corrected chi connectivity index (χ0v) is 8.11. The van der Waals surface area contributed by atoms with Gasteiger partial charge in [0.15, 0.2) is 0 Å². The van der Waals surface area contributed by atoms with Crippen molar-refractivity contribution in [3.05, 3.63) is 0 Å². The van der Waals surface area contributed by atoms with Crippen molar-refractivity contribution < 1.29 is 0 Å². The van der Waals surface area contributed by atoms with Gasteiger partial charge in [-0.2, -0.15) is 0 Å². The lowest BCUT2D eigenvalue weighted by molar-refractivity contribution is 0.229. The molecule has 0 N–H and O–H groups in total. The van der Waals surface area contributed by atoms with Crippen LogP contribution in [0.4, 0.5) is 0 Å². The van der Waals surface area contributed by atoms with E-state index in [4.69, 9.17) is 11.6 Å². The van der Waals surface area contributed by atoms with Crippen LogP contribution in [-0.4, -0.2) is 29.9 Å². The van der Waals surface area contributed by atoms with Crippen molar-refractivity contribution in [2.75, 3.05) is 19.6 Å². The number of unbranched alkanes of at least 4 members (excludes halogenated alkanes) is 1. The smallest absolute Gasteiger partial charge is 0.0463 e. The van der Waals surface area contributed by atoms with Crippen LogP contribution in [0.5, 0.6) is 0 Å². The van der Waals surface area contributed by atoms with Gasteiger partial charge in [-0.25, -0.2) is 0 Å². The molecule has 0 amide bonds. The molecule has 1 atom stereocenters. The van der Waals surface area contributed by atoms with Crippen LogP contribution >= 0.6 is 11.6 Å². The monoisotopic (exact) mass is 175 g/mol. The highest BCUT2D eigenvalue weighted by Gasteiger charge is 2.16. The summed E-state index contributed by atoms with van der Waals surface area (Å²) in [5, 5.41) is 0.417. The van der Waals surface area contributed by atoms with Crippen LogP contribution < -0.4 is 0 Å².